The highest BCUT2D eigenvalue weighted by molar-refractivity contribution is 6.39. The third kappa shape index (κ3) is 5.56. The van der Waals surface area contributed by atoms with Crippen LogP contribution in [0, 0.1) is 6.92 Å². The largest absolute Gasteiger partial charge is 0.378 e. The molecule has 3 rings (SSSR count). The molecule has 0 radical (unpaired) electrons. The molecule has 0 spiro atoms. The van der Waals surface area contributed by atoms with Crippen molar-refractivity contribution in [2.75, 3.05) is 43.1 Å². The van der Waals surface area contributed by atoms with E-state index in [1.807, 2.05) is 19.1 Å². The van der Waals surface area contributed by atoms with Gasteiger partial charge in [-0.1, -0.05) is 29.8 Å². The van der Waals surface area contributed by atoms with E-state index >= 15 is 0 Å². The van der Waals surface area contributed by atoms with E-state index in [1.165, 1.54) is 5.69 Å². The number of ether oxygens (including phenoxy) is 1. The molecule has 0 aromatic heterocycles. The van der Waals surface area contributed by atoms with Crippen molar-refractivity contribution in [1.82, 2.24) is 5.32 Å². The standard InChI is InChI=1S/C21H25N3O3/c1-16-2-6-18(7-3-16)23-21(26)20(25)22-11-10-17-4-8-19(9-5-17)24-12-14-27-15-13-24/h2-9H,10-15H2,1H3,(H,22,25)(H,23,26). The highest BCUT2D eigenvalue weighted by atomic mass is 16.5. The minimum Gasteiger partial charge on any atom is -0.378 e. The summed E-state index contributed by atoms with van der Waals surface area (Å²) in [6.45, 7) is 5.72. The van der Waals surface area contributed by atoms with E-state index < -0.39 is 11.8 Å². The smallest absolute Gasteiger partial charge is 0.313 e. The average Bonchev–Trinajstić information content (AvgIpc) is 2.71. The summed E-state index contributed by atoms with van der Waals surface area (Å²) in [7, 11) is 0. The van der Waals surface area contributed by atoms with Gasteiger partial charge in [0.05, 0.1) is 13.2 Å². The molecule has 6 nitrogen and oxygen atoms in total. The number of hydrogen-bond donors (Lipinski definition) is 2. The Balaban J connectivity index is 1.42. The van der Waals surface area contributed by atoms with E-state index in [1.54, 1.807) is 12.1 Å². The lowest BCUT2D eigenvalue weighted by Gasteiger charge is -2.28. The summed E-state index contributed by atoms with van der Waals surface area (Å²) in [6.07, 6.45) is 0.674. The minimum atomic E-state index is -0.651. The molecular formula is C21H25N3O3. The minimum absolute atomic E-state index is 0.414. The van der Waals surface area contributed by atoms with Gasteiger partial charge in [-0.3, -0.25) is 9.59 Å². The van der Waals surface area contributed by atoms with Gasteiger partial charge in [-0.15, -0.1) is 0 Å². The number of hydrogen-bond acceptors (Lipinski definition) is 4. The van der Waals surface area contributed by atoms with Crippen LogP contribution in [0.1, 0.15) is 11.1 Å². The molecule has 2 amide bonds. The lowest BCUT2D eigenvalue weighted by molar-refractivity contribution is -0.136. The number of aryl methyl sites for hydroxylation is 1. The van der Waals surface area contributed by atoms with Gasteiger partial charge in [0.1, 0.15) is 0 Å². The van der Waals surface area contributed by atoms with Crippen LogP contribution in [0.15, 0.2) is 48.5 Å². The molecule has 0 aliphatic carbocycles. The normalized spacial score (nSPS) is 13.9. The summed E-state index contributed by atoms with van der Waals surface area (Å²) in [4.78, 5) is 26.1. The predicted octanol–water partition coefficient (Wildman–Crippen LogP) is 2.13. The molecule has 142 valence electrons. The quantitative estimate of drug-likeness (QED) is 0.795. The second kappa shape index (κ2) is 9.19. The Hall–Kier alpha value is -2.86. The fourth-order valence-corrected chi connectivity index (χ4v) is 2.92. The Morgan fingerprint density at radius 2 is 1.63 bits per heavy atom. The fourth-order valence-electron chi connectivity index (χ4n) is 2.92. The van der Waals surface area contributed by atoms with Gasteiger partial charge in [-0.2, -0.15) is 0 Å². The van der Waals surface area contributed by atoms with Crippen molar-refractivity contribution in [3.8, 4) is 0 Å². The predicted molar refractivity (Wildman–Crippen MR) is 106 cm³/mol. The van der Waals surface area contributed by atoms with E-state index in [0.29, 0.717) is 18.7 Å². The van der Waals surface area contributed by atoms with Gasteiger partial charge in [-0.25, -0.2) is 0 Å². The fraction of sp³-hybridized carbons (Fsp3) is 0.333. The first kappa shape index (κ1) is 18.9. The Labute approximate surface area is 159 Å². The summed E-state index contributed by atoms with van der Waals surface area (Å²) < 4.78 is 5.37. The van der Waals surface area contributed by atoms with E-state index in [0.717, 1.165) is 37.4 Å². The molecule has 0 unspecified atom stereocenters. The van der Waals surface area contributed by atoms with Crippen molar-refractivity contribution in [2.45, 2.75) is 13.3 Å². The maximum Gasteiger partial charge on any atom is 0.313 e. The highest BCUT2D eigenvalue weighted by Gasteiger charge is 2.13. The number of nitrogens with zero attached hydrogens (tertiary/aromatic N) is 1. The van der Waals surface area contributed by atoms with Crippen molar-refractivity contribution in [3.63, 3.8) is 0 Å². The Bertz CT molecular complexity index is 766. The second-order valence-electron chi connectivity index (χ2n) is 6.59. The number of carbonyl (C=O) groups is 2. The summed E-state index contributed by atoms with van der Waals surface area (Å²) in [5, 5.41) is 5.26. The molecule has 1 aliphatic heterocycles. The molecular weight excluding hydrogens is 342 g/mol. The van der Waals surface area contributed by atoms with E-state index in [2.05, 4.69) is 39.8 Å². The molecule has 0 saturated carbocycles. The zero-order valence-electron chi connectivity index (χ0n) is 15.5. The number of anilines is 2. The third-order valence-corrected chi connectivity index (χ3v) is 4.53. The van der Waals surface area contributed by atoms with Crippen LogP contribution < -0.4 is 15.5 Å². The molecule has 2 N–H and O–H groups in total. The number of nitrogens with one attached hydrogen (secondary N) is 2. The summed E-state index contributed by atoms with van der Waals surface area (Å²) in [5.41, 5.74) is 4.01. The van der Waals surface area contributed by atoms with Crippen LogP contribution in [0.5, 0.6) is 0 Å². The van der Waals surface area contributed by atoms with Crippen molar-refractivity contribution in [2.24, 2.45) is 0 Å². The second-order valence-corrected chi connectivity index (χ2v) is 6.59. The van der Waals surface area contributed by atoms with Crippen LogP contribution >= 0.6 is 0 Å². The zero-order valence-corrected chi connectivity index (χ0v) is 15.5. The number of benzene rings is 2. The molecule has 1 fully saturated rings. The molecule has 1 saturated heterocycles. The number of carbonyl (C=O) groups excluding carboxylic acids is 2. The SMILES string of the molecule is Cc1ccc(NC(=O)C(=O)NCCc2ccc(N3CCOCC3)cc2)cc1. The molecule has 27 heavy (non-hydrogen) atoms. The van der Waals surface area contributed by atoms with Crippen molar-refractivity contribution in [1.29, 1.82) is 0 Å². The lowest BCUT2D eigenvalue weighted by atomic mass is 10.1. The Kier molecular flexibility index (Phi) is 6.44. The van der Waals surface area contributed by atoms with Crippen LogP contribution in [0.4, 0.5) is 11.4 Å². The van der Waals surface area contributed by atoms with Gasteiger partial charge in [0, 0.05) is 31.0 Å². The lowest BCUT2D eigenvalue weighted by Crippen LogP contribution is -2.36. The maximum atomic E-state index is 11.9. The van der Waals surface area contributed by atoms with Crippen LogP contribution in [-0.2, 0) is 20.7 Å². The first-order chi connectivity index (χ1) is 13.1. The summed E-state index contributed by atoms with van der Waals surface area (Å²) in [6, 6.07) is 15.6. The monoisotopic (exact) mass is 367 g/mol. The van der Waals surface area contributed by atoms with Crippen molar-refractivity contribution >= 4 is 23.2 Å². The Morgan fingerprint density at radius 3 is 2.30 bits per heavy atom. The van der Waals surface area contributed by atoms with Gasteiger partial charge in [0.25, 0.3) is 0 Å². The first-order valence-corrected chi connectivity index (χ1v) is 9.19. The molecule has 2 aromatic rings. The van der Waals surface area contributed by atoms with E-state index in [4.69, 9.17) is 4.74 Å². The molecule has 6 heteroatoms. The number of rotatable bonds is 5. The summed E-state index contributed by atoms with van der Waals surface area (Å²) in [5.74, 6) is -1.28. The molecule has 1 aliphatic rings. The van der Waals surface area contributed by atoms with Gasteiger partial charge in [0.2, 0.25) is 0 Å². The van der Waals surface area contributed by atoms with Crippen LogP contribution in [0.3, 0.4) is 0 Å². The van der Waals surface area contributed by atoms with E-state index in [-0.39, 0.29) is 0 Å². The Morgan fingerprint density at radius 1 is 0.963 bits per heavy atom. The number of amides is 2. The zero-order chi connectivity index (χ0) is 19.1. The molecule has 0 bridgehead atoms. The number of morpholine rings is 1. The average molecular weight is 367 g/mol. The van der Waals surface area contributed by atoms with E-state index in [9.17, 15) is 9.59 Å². The van der Waals surface area contributed by atoms with Crippen molar-refractivity contribution in [3.05, 3.63) is 59.7 Å². The van der Waals surface area contributed by atoms with Gasteiger partial charge in [-0.05, 0) is 43.2 Å². The summed E-state index contributed by atoms with van der Waals surface area (Å²) >= 11 is 0. The van der Waals surface area contributed by atoms with Gasteiger partial charge < -0.3 is 20.3 Å². The molecule has 0 atom stereocenters. The highest BCUT2D eigenvalue weighted by Crippen LogP contribution is 2.16. The van der Waals surface area contributed by atoms with Gasteiger partial charge >= 0.3 is 11.8 Å². The van der Waals surface area contributed by atoms with Crippen LogP contribution in [0.25, 0.3) is 0 Å². The maximum absolute atomic E-state index is 11.9. The van der Waals surface area contributed by atoms with Gasteiger partial charge in [0.15, 0.2) is 0 Å². The van der Waals surface area contributed by atoms with Crippen molar-refractivity contribution < 1.29 is 14.3 Å². The van der Waals surface area contributed by atoms with Crippen LogP contribution in [0.2, 0.25) is 0 Å². The molecule has 1 heterocycles. The molecule has 2 aromatic carbocycles. The first-order valence-electron chi connectivity index (χ1n) is 9.19. The van der Waals surface area contributed by atoms with Crippen LogP contribution in [-0.4, -0.2) is 44.7 Å². The third-order valence-electron chi connectivity index (χ3n) is 4.53. The topological polar surface area (TPSA) is 70.7 Å².